The molecular weight excluding hydrogens is 344 g/mol. The summed E-state index contributed by atoms with van der Waals surface area (Å²) in [6.07, 6.45) is 7.72. The molecule has 134 valence electrons. The van der Waals surface area contributed by atoms with Crippen LogP contribution in [0.1, 0.15) is 52.5 Å². The van der Waals surface area contributed by atoms with Crippen molar-refractivity contribution in [2.24, 2.45) is 0 Å². The van der Waals surface area contributed by atoms with Gasteiger partial charge in [0.2, 0.25) is 5.91 Å². The zero-order valence-corrected chi connectivity index (χ0v) is 15.4. The number of likely N-dealkylation sites (tertiary alicyclic amines) is 1. The first-order valence-electron chi connectivity index (χ1n) is 9.14. The molecule has 5 heteroatoms. The van der Waals surface area contributed by atoms with Crippen LogP contribution in [0.15, 0.2) is 47.9 Å². The van der Waals surface area contributed by atoms with E-state index in [1.807, 2.05) is 41.3 Å². The highest BCUT2D eigenvalue weighted by atomic mass is 32.1. The molecule has 4 nitrogen and oxygen atoms in total. The molecule has 0 spiro atoms. The highest BCUT2D eigenvalue weighted by Gasteiger charge is 2.29. The minimum Gasteiger partial charge on any atom is -0.349 e. The summed E-state index contributed by atoms with van der Waals surface area (Å²) in [6.45, 7) is 0.812. The number of amides is 2. The number of nitrogens with one attached hydrogen (secondary N) is 1. The second-order valence-corrected chi connectivity index (χ2v) is 7.89. The molecule has 0 radical (unpaired) electrons. The number of carbonyl (C=O) groups is 2. The van der Waals surface area contributed by atoms with E-state index in [2.05, 4.69) is 16.8 Å². The summed E-state index contributed by atoms with van der Waals surface area (Å²) in [6, 6.07) is 12.1. The summed E-state index contributed by atoms with van der Waals surface area (Å²) in [5, 5.41) is 5.04. The molecule has 1 saturated carbocycles. The molecule has 0 bridgehead atoms. The highest BCUT2D eigenvalue weighted by molar-refractivity contribution is 7.10. The molecule has 2 fully saturated rings. The number of rotatable bonds is 5. The molecule has 2 amide bonds. The number of carbonyl (C=O) groups excluding carboxylic acids is 2. The molecule has 1 aromatic heterocycles. The summed E-state index contributed by atoms with van der Waals surface area (Å²) in [4.78, 5) is 27.8. The largest absolute Gasteiger partial charge is 0.349 e. The zero-order chi connectivity index (χ0) is 17.9. The number of hydrogen-bond acceptors (Lipinski definition) is 3. The second-order valence-electron chi connectivity index (χ2n) is 6.91. The van der Waals surface area contributed by atoms with Crippen LogP contribution in [-0.4, -0.2) is 29.3 Å². The summed E-state index contributed by atoms with van der Waals surface area (Å²) in [5.74, 6) is 0.0337. The van der Waals surface area contributed by atoms with Crippen molar-refractivity contribution in [3.63, 3.8) is 0 Å². The number of benzene rings is 1. The van der Waals surface area contributed by atoms with Crippen LogP contribution >= 0.6 is 11.3 Å². The monoisotopic (exact) mass is 366 g/mol. The molecule has 2 aliphatic rings. The Labute approximate surface area is 157 Å². The van der Waals surface area contributed by atoms with E-state index in [9.17, 15) is 9.59 Å². The Morgan fingerprint density at radius 2 is 1.92 bits per heavy atom. The van der Waals surface area contributed by atoms with Crippen molar-refractivity contribution in [1.29, 1.82) is 0 Å². The quantitative estimate of drug-likeness (QED) is 0.813. The van der Waals surface area contributed by atoms with E-state index in [-0.39, 0.29) is 17.9 Å². The van der Waals surface area contributed by atoms with Crippen LogP contribution in [0.25, 0.3) is 6.08 Å². The lowest BCUT2D eigenvalue weighted by Crippen LogP contribution is -2.28. The summed E-state index contributed by atoms with van der Waals surface area (Å²) >= 11 is 1.71. The third-order valence-electron chi connectivity index (χ3n) is 4.91. The SMILES string of the molecule is O=C(NC1CC1)c1ccc(/C=C/C(=O)N2CCCC2c2cccs2)cc1. The minimum absolute atomic E-state index is 0.0186. The van der Waals surface area contributed by atoms with Crippen LogP contribution in [0.4, 0.5) is 0 Å². The average molecular weight is 366 g/mol. The fourth-order valence-corrected chi connectivity index (χ4v) is 4.19. The van der Waals surface area contributed by atoms with Gasteiger partial charge >= 0.3 is 0 Å². The van der Waals surface area contributed by atoms with Gasteiger partial charge in [0.15, 0.2) is 0 Å². The molecule has 1 N–H and O–H groups in total. The van der Waals surface area contributed by atoms with Crippen LogP contribution in [0, 0.1) is 0 Å². The zero-order valence-electron chi connectivity index (χ0n) is 14.6. The first-order valence-corrected chi connectivity index (χ1v) is 10.0. The van der Waals surface area contributed by atoms with Crippen LogP contribution in [0.5, 0.6) is 0 Å². The van der Waals surface area contributed by atoms with Gasteiger partial charge in [-0.15, -0.1) is 11.3 Å². The molecule has 1 atom stereocenters. The van der Waals surface area contributed by atoms with Gasteiger partial charge in [-0.05, 0) is 60.9 Å². The Balaban J connectivity index is 1.39. The van der Waals surface area contributed by atoms with E-state index in [1.54, 1.807) is 17.4 Å². The second kappa shape index (κ2) is 7.46. The molecule has 1 saturated heterocycles. The van der Waals surface area contributed by atoms with E-state index in [1.165, 1.54) is 4.88 Å². The molecule has 2 heterocycles. The van der Waals surface area contributed by atoms with Gasteiger partial charge in [-0.25, -0.2) is 0 Å². The van der Waals surface area contributed by atoms with Gasteiger partial charge in [0, 0.05) is 29.1 Å². The lowest BCUT2D eigenvalue weighted by Gasteiger charge is -2.22. The van der Waals surface area contributed by atoms with Gasteiger partial charge < -0.3 is 10.2 Å². The van der Waals surface area contributed by atoms with Gasteiger partial charge in [-0.2, -0.15) is 0 Å². The average Bonchev–Trinajstić information content (AvgIpc) is 3.14. The number of thiophene rings is 1. The molecule has 1 aliphatic carbocycles. The van der Waals surface area contributed by atoms with Gasteiger partial charge in [-0.1, -0.05) is 18.2 Å². The maximum Gasteiger partial charge on any atom is 0.251 e. The minimum atomic E-state index is -0.0186. The molecule has 1 aromatic carbocycles. The van der Waals surface area contributed by atoms with E-state index >= 15 is 0 Å². The number of hydrogen-bond donors (Lipinski definition) is 1. The Bertz CT molecular complexity index is 807. The van der Waals surface area contributed by atoms with E-state index in [4.69, 9.17) is 0 Å². The summed E-state index contributed by atoms with van der Waals surface area (Å²) in [7, 11) is 0. The normalized spacial score (nSPS) is 19.8. The van der Waals surface area contributed by atoms with Gasteiger partial charge in [0.25, 0.3) is 5.91 Å². The maximum absolute atomic E-state index is 12.6. The van der Waals surface area contributed by atoms with Gasteiger partial charge in [-0.3, -0.25) is 9.59 Å². The van der Waals surface area contributed by atoms with Crippen molar-refractivity contribution in [2.75, 3.05) is 6.54 Å². The Morgan fingerprint density at radius 1 is 1.12 bits per heavy atom. The molecule has 1 unspecified atom stereocenters. The topological polar surface area (TPSA) is 49.4 Å². The van der Waals surface area contributed by atoms with Crippen molar-refractivity contribution in [2.45, 2.75) is 37.8 Å². The molecule has 1 aliphatic heterocycles. The summed E-state index contributed by atoms with van der Waals surface area (Å²) < 4.78 is 0. The smallest absolute Gasteiger partial charge is 0.251 e. The fraction of sp³-hybridized carbons (Fsp3) is 0.333. The van der Waals surface area contributed by atoms with Crippen LogP contribution in [-0.2, 0) is 4.79 Å². The number of nitrogens with zero attached hydrogens (tertiary/aromatic N) is 1. The Morgan fingerprint density at radius 3 is 2.62 bits per heavy atom. The highest BCUT2D eigenvalue weighted by Crippen LogP contribution is 2.34. The van der Waals surface area contributed by atoms with Crippen molar-refractivity contribution in [1.82, 2.24) is 10.2 Å². The predicted molar refractivity (Wildman–Crippen MR) is 104 cm³/mol. The van der Waals surface area contributed by atoms with Crippen molar-refractivity contribution < 1.29 is 9.59 Å². The van der Waals surface area contributed by atoms with E-state index in [0.717, 1.165) is 37.8 Å². The third kappa shape index (κ3) is 3.88. The fourth-order valence-electron chi connectivity index (χ4n) is 3.31. The lowest BCUT2D eigenvalue weighted by molar-refractivity contribution is -0.126. The molecular formula is C21H22N2O2S. The van der Waals surface area contributed by atoms with Crippen molar-refractivity contribution in [3.05, 3.63) is 63.9 Å². The molecule has 2 aromatic rings. The van der Waals surface area contributed by atoms with Crippen molar-refractivity contribution >= 4 is 29.2 Å². The lowest BCUT2D eigenvalue weighted by atomic mass is 10.1. The van der Waals surface area contributed by atoms with Crippen LogP contribution in [0.2, 0.25) is 0 Å². The van der Waals surface area contributed by atoms with E-state index < -0.39 is 0 Å². The Hall–Kier alpha value is -2.40. The third-order valence-corrected chi connectivity index (χ3v) is 5.88. The molecule has 26 heavy (non-hydrogen) atoms. The summed E-state index contributed by atoms with van der Waals surface area (Å²) in [5.41, 5.74) is 1.59. The first-order chi connectivity index (χ1) is 12.7. The first kappa shape index (κ1) is 17.0. The van der Waals surface area contributed by atoms with Gasteiger partial charge in [0.05, 0.1) is 6.04 Å². The van der Waals surface area contributed by atoms with Crippen LogP contribution < -0.4 is 5.32 Å². The predicted octanol–water partition coefficient (Wildman–Crippen LogP) is 4.02. The van der Waals surface area contributed by atoms with Crippen molar-refractivity contribution in [3.8, 4) is 0 Å². The Kier molecular flexibility index (Phi) is 4.89. The van der Waals surface area contributed by atoms with Gasteiger partial charge in [0.1, 0.15) is 0 Å². The standard InChI is InChI=1S/C21H22N2O2S/c24-20(23-13-1-3-18(23)19-4-2-14-26-19)12-7-15-5-8-16(9-6-15)21(25)22-17-10-11-17/h2,4-9,12,14,17-18H,1,3,10-11,13H2,(H,22,25)/b12-7+. The van der Waals surface area contributed by atoms with E-state index in [0.29, 0.717) is 11.6 Å². The maximum atomic E-state index is 12.6. The van der Waals surface area contributed by atoms with Crippen LogP contribution in [0.3, 0.4) is 0 Å². The molecule has 4 rings (SSSR count).